The van der Waals surface area contributed by atoms with Crippen molar-refractivity contribution < 1.29 is 14.3 Å². The Morgan fingerprint density at radius 2 is 1.50 bits per heavy atom. The lowest BCUT2D eigenvalue weighted by molar-refractivity contribution is -0.122. The molecule has 2 unspecified atom stereocenters. The lowest BCUT2D eigenvalue weighted by Gasteiger charge is -2.15. The number of allylic oxidation sites excluding steroid dienone is 2. The van der Waals surface area contributed by atoms with E-state index in [0.29, 0.717) is 40.1 Å². The van der Waals surface area contributed by atoms with Gasteiger partial charge in [-0.3, -0.25) is 14.5 Å². The van der Waals surface area contributed by atoms with Crippen molar-refractivity contribution in [1.82, 2.24) is 0 Å². The summed E-state index contributed by atoms with van der Waals surface area (Å²) in [6, 6.07) is 11.8. The SMILES string of the molecule is O=C1C2CC=CCC2C(=O)N1c1ccc(Oc2ccc(Cl)cc2Cl)cc1. The summed E-state index contributed by atoms with van der Waals surface area (Å²) in [7, 11) is 0. The van der Waals surface area contributed by atoms with Crippen LogP contribution in [0.1, 0.15) is 12.8 Å². The molecule has 1 aliphatic heterocycles. The molecule has 0 bridgehead atoms. The van der Waals surface area contributed by atoms with Gasteiger partial charge in [0, 0.05) is 5.02 Å². The Labute approximate surface area is 161 Å². The van der Waals surface area contributed by atoms with Gasteiger partial charge in [-0.15, -0.1) is 0 Å². The van der Waals surface area contributed by atoms with Crippen molar-refractivity contribution >= 4 is 40.7 Å². The fourth-order valence-corrected chi connectivity index (χ4v) is 3.85. The van der Waals surface area contributed by atoms with Gasteiger partial charge in [0.1, 0.15) is 11.5 Å². The zero-order valence-electron chi connectivity index (χ0n) is 13.7. The predicted molar refractivity (Wildman–Crippen MR) is 101 cm³/mol. The molecule has 26 heavy (non-hydrogen) atoms. The second-order valence-electron chi connectivity index (χ2n) is 6.34. The van der Waals surface area contributed by atoms with E-state index in [4.69, 9.17) is 27.9 Å². The molecule has 2 atom stereocenters. The van der Waals surface area contributed by atoms with Gasteiger partial charge in [-0.2, -0.15) is 0 Å². The van der Waals surface area contributed by atoms with Crippen LogP contribution in [0, 0.1) is 11.8 Å². The Balaban J connectivity index is 1.54. The smallest absolute Gasteiger partial charge is 0.238 e. The highest BCUT2D eigenvalue weighted by molar-refractivity contribution is 6.35. The summed E-state index contributed by atoms with van der Waals surface area (Å²) < 4.78 is 5.74. The van der Waals surface area contributed by atoms with Gasteiger partial charge in [-0.25, -0.2) is 0 Å². The summed E-state index contributed by atoms with van der Waals surface area (Å²) in [5.74, 6) is 0.301. The van der Waals surface area contributed by atoms with Crippen LogP contribution >= 0.6 is 23.2 Å². The maximum absolute atomic E-state index is 12.6. The molecule has 132 valence electrons. The lowest BCUT2D eigenvalue weighted by Crippen LogP contribution is -2.30. The molecule has 2 aromatic carbocycles. The van der Waals surface area contributed by atoms with E-state index in [1.54, 1.807) is 42.5 Å². The average Bonchev–Trinajstić information content (AvgIpc) is 2.90. The Morgan fingerprint density at radius 1 is 0.885 bits per heavy atom. The van der Waals surface area contributed by atoms with Crippen LogP contribution in [-0.4, -0.2) is 11.8 Å². The molecule has 0 N–H and O–H groups in total. The molecular formula is C20H15Cl2NO3. The average molecular weight is 388 g/mol. The van der Waals surface area contributed by atoms with Gasteiger partial charge >= 0.3 is 0 Å². The summed E-state index contributed by atoms with van der Waals surface area (Å²) in [6.45, 7) is 0. The number of imide groups is 1. The van der Waals surface area contributed by atoms with Crippen molar-refractivity contribution in [1.29, 1.82) is 0 Å². The number of fused-ring (bicyclic) bond motifs is 1. The van der Waals surface area contributed by atoms with E-state index in [9.17, 15) is 9.59 Å². The first-order valence-corrected chi connectivity index (χ1v) is 9.06. The number of carbonyl (C=O) groups excluding carboxylic acids is 2. The monoisotopic (exact) mass is 387 g/mol. The summed E-state index contributed by atoms with van der Waals surface area (Å²) >= 11 is 12.0. The van der Waals surface area contributed by atoms with Gasteiger partial charge in [-0.05, 0) is 55.3 Å². The van der Waals surface area contributed by atoms with E-state index in [-0.39, 0.29) is 23.7 Å². The second kappa shape index (κ2) is 6.78. The molecule has 0 spiro atoms. The zero-order valence-corrected chi connectivity index (χ0v) is 15.2. The van der Waals surface area contributed by atoms with Crippen molar-refractivity contribution in [2.24, 2.45) is 11.8 Å². The molecular weight excluding hydrogens is 373 g/mol. The van der Waals surface area contributed by atoms with E-state index >= 15 is 0 Å². The highest BCUT2D eigenvalue weighted by Crippen LogP contribution is 2.38. The second-order valence-corrected chi connectivity index (χ2v) is 7.18. The Bertz CT molecular complexity index is 882. The molecule has 1 saturated heterocycles. The van der Waals surface area contributed by atoms with Gasteiger partial charge in [-0.1, -0.05) is 35.4 Å². The largest absolute Gasteiger partial charge is 0.456 e. The minimum Gasteiger partial charge on any atom is -0.456 e. The standard InChI is InChI=1S/C20H15Cl2NO3/c21-12-5-10-18(17(22)11-12)26-14-8-6-13(7-9-14)23-19(24)15-3-1-2-4-16(15)20(23)25/h1-2,5-11,15-16H,3-4H2. The molecule has 2 amide bonds. The van der Waals surface area contributed by atoms with Crippen LogP contribution < -0.4 is 9.64 Å². The van der Waals surface area contributed by atoms with Crippen LogP contribution in [0.4, 0.5) is 5.69 Å². The molecule has 4 rings (SSSR count). The van der Waals surface area contributed by atoms with Crippen LogP contribution in [0.3, 0.4) is 0 Å². The number of hydrogen-bond donors (Lipinski definition) is 0. The number of amides is 2. The molecule has 2 aliphatic rings. The third kappa shape index (κ3) is 3.00. The van der Waals surface area contributed by atoms with Crippen molar-refractivity contribution in [3.8, 4) is 11.5 Å². The Hall–Kier alpha value is -2.30. The van der Waals surface area contributed by atoms with Crippen molar-refractivity contribution in [3.63, 3.8) is 0 Å². The van der Waals surface area contributed by atoms with Crippen molar-refractivity contribution in [2.75, 3.05) is 4.90 Å². The fraction of sp³-hybridized carbons (Fsp3) is 0.200. The fourth-order valence-electron chi connectivity index (χ4n) is 3.40. The van der Waals surface area contributed by atoms with Gasteiger partial charge < -0.3 is 4.74 Å². The zero-order chi connectivity index (χ0) is 18.3. The van der Waals surface area contributed by atoms with E-state index in [1.165, 1.54) is 4.90 Å². The van der Waals surface area contributed by atoms with Gasteiger partial charge in [0.2, 0.25) is 11.8 Å². The topological polar surface area (TPSA) is 46.6 Å². The normalized spacial score (nSPS) is 21.8. The van der Waals surface area contributed by atoms with Gasteiger partial charge in [0.15, 0.2) is 0 Å². The number of anilines is 1. The van der Waals surface area contributed by atoms with Crippen LogP contribution in [0.5, 0.6) is 11.5 Å². The van der Waals surface area contributed by atoms with E-state index in [0.717, 1.165) is 0 Å². The summed E-state index contributed by atoms with van der Waals surface area (Å²) in [5.41, 5.74) is 0.559. The molecule has 1 aliphatic carbocycles. The number of nitrogens with zero attached hydrogens (tertiary/aromatic N) is 1. The molecule has 0 radical (unpaired) electrons. The highest BCUT2D eigenvalue weighted by atomic mass is 35.5. The third-order valence-corrected chi connectivity index (χ3v) is 5.25. The maximum Gasteiger partial charge on any atom is 0.238 e. The van der Waals surface area contributed by atoms with Crippen LogP contribution in [0.15, 0.2) is 54.6 Å². The molecule has 4 nitrogen and oxygen atoms in total. The van der Waals surface area contributed by atoms with Crippen molar-refractivity contribution in [2.45, 2.75) is 12.8 Å². The Kier molecular flexibility index (Phi) is 4.47. The van der Waals surface area contributed by atoms with Crippen LogP contribution in [0.25, 0.3) is 0 Å². The number of benzene rings is 2. The third-order valence-electron chi connectivity index (χ3n) is 4.72. The molecule has 0 saturated carbocycles. The molecule has 1 fully saturated rings. The quantitative estimate of drug-likeness (QED) is 0.534. The number of halogens is 2. The first-order valence-electron chi connectivity index (χ1n) is 8.30. The van der Waals surface area contributed by atoms with E-state index in [1.807, 2.05) is 12.2 Å². The molecule has 1 heterocycles. The molecule has 0 aromatic heterocycles. The summed E-state index contributed by atoms with van der Waals surface area (Å²) in [6.07, 6.45) is 5.20. The Morgan fingerprint density at radius 3 is 2.08 bits per heavy atom. The predicted octanol–water partition coefficient (Wildman–Crippen LogP) is 5.24. The van der Waals surface area contributed by atoms with E-state index in [2.05, 4.69) is 0 Å². The van der Waals surface area contributed by atoms with Gasteiger partial charge in [0.05, 0.1) is 22.5 Å². The molecule has 2 aromatic rings. The first-order chi connectivity index (χ1) is 12.5. The minimum absolute atomic E-state index is 0.126. The number of hydrogen-bond acceptors (Lipinski definition) is 3. The van der Waals surface area contributed by atoms with Crippen molar-refractivity contribution in [3.05, 3.63) is 64.7 Å². The number of ether oxygens (including phenoxy) is 1. The minimum atomic E-state index is -0.240. The highest BCUT2D eigenvalue weighted by Gasteiger charge is 2.47. The van der Waals surface area contributed by atoms with Crippen LogP contribution in [0.2, 0.25) is 10.0 Å². The van der Waals surface area contributed by atoms with E-state index < -0.39 is 0 Å². The number of carbonyl (C=O) groups is 2. The maximum atomic E-state index is 12.6. The summed E-state index contributed by atoms with van der Waals surface area (Å²) in [4.78, 5) is 26.5. The van der Waals surface area contributed by atoms with Crippen LogP contribution in [-0.2, 0) is 9.59 Å². The van der Waals surface area contributed by atoms with Gasteiger partial charge in [0.25, 0.3) is 0 Å². The number of rotatable bonds is 3. The lowest BCUT2D eigenvalue weighted by atomic mass is 9.85. The molecule has 6 heteroatoms. The summed E-state index contributed by atoms with van der Waals surface area (Å²) in [5, 5.41) is 0.933. The first kappa shape index (κ1) is 17.1.